The molecule has 1 aromatic heterocycles. The van der Waals surface area contributed by atoms with Crippen LogP contribution in [-0.2, 0) is 13.1 Å². The fourth-order valence-electron chi connectivity index (χ4n) is 2.84. The molecule has 0 unspecified atom stereocenters. The Kier molecular flexibility index (Phi) is 4.94. The van der Waals surface area contributed by atoms with Gasteiger partial charge in [0.25, 0.3) is 0 Å². The van der Waals surface area contributed by atoms with Crippen molar-refractivity contribution in [3.8, 4) is 0 Å². The summed E-state index contributed by atoms with van der Waals surface area (Å²) in [5.41, 5.74) is 2.99. The molecule has 0 aliphatic heterocycles. The van der Waals surface area contributed by atoms with Crippen LogP contribution in [0.2, 0.25) is 0 Å². The molecule has 2 aromatic carbocycles. The van der Waals surface area contributed by atoms with E-state index in [0.29, 0.717) is 24.5 Å². The SMILES string of the molecule is CCn1c(=O)n(CC)c2cc(NC(=O)Nc3ccc(Br)cc3)ccc21. The lowest BCUT2D eigenvalue weighted by Gasteiger charge is -2.08. The zero-order chi connectivity index (χ0) is 18.0. The number of nitrogens with one attached hydrogen (secondary N) is 2. The molecule has 3 aromatic rings. The number of imidazole rings is 1. The molecule has 0 aliphatic rings. The van der Waals surface area contributed by atoms with Gasteiger partial charge in [-0.25, -0.2) is 9.59 Å². The standard InChI is InChI=1S/C18H19BrN4O2/c1-3-22-15-10-9-14(11-16(15)23(4-2)18(22)25)21-17(24)20-13-7-5-12(19)6-8-13/h5-11H,3-4H2,1-2H3,(H2,20,21,24). The summed E-state index contributed by atoms with van der Waals surface area (Å²) in [5.74, 6) is 0. The summed E-state index contributed by atoms with van der Waals surface area (Å²) in [5, 5.41) is 5.59. The van der Waals surface area contributed by atoms with E-state index in [2.05, 4.69) is 26.6 Å². The average molecular weight is 403 g/mol. The second-order valence-electron chi connectivity index (χ2n) is 5.56. The fourth-order valence-corrected chi connectivity index (χ4v) is 3.10. The van der Waals surface area contributed by atoms with Gasteiger partial charge in [0.2, 0.25) is 0 Å². The Morgan fingerprint density at radius 2 is 1.48 bits per heavy atom. The van der Waals surface area contributed by atoms with Crippen LogP contribution in [-0.4, -0.2) is 15.2 Å². The molecule has 0 bridgehead atoms. The smallest absolute Gasteiger partial charge is 0.308 e. The average Bonchev–Trinajstić information content (AvgIpc) is 2.86. The zero-order valence-electron chi connectivity index (χ0n) is 14.0. The van der Waals surface area contributed by atoms with E-state index < -0.39 is 0 Å². The number of amides is 2. The van der Waals surface area contributed by atoms with Crippen LogP contribution >= 0.6 is 15.9 Å². The first-order valence-corrected chi connectivity index (χ1v) is 8.89. The second kappa shape index (κ2) is 7.14. The van der Waals surface area contributed by atoms with Gasteiger partial charge in [-0.3, -0.25) is 9.13 Å². The molecule has 3 rings (SSSR count). The minimum Gasteiger partial charge on any atom is -0.308 e. The van der Waals surface area contributed by atoms with E-state index in [4.69, 9.17) is 0 Å². The minimum absolute atomic E-state index is 0.0311. The maximum Gasteiger partial charge on any atom is 0.329 e. The summed E-state index contributed by atoms with van der Waals surface area (Å²) in [6.45, 7) is 5.07. The molecular weight excluding hydrogens is 384 g/mol. The third-order valence-electron chi connectivity index (χ3n) is 4.01. The van der Waals surface area contributed by atoms with Crippen molar-refractivity contribution in [2.24, 2.45) is 0 Å². The van der Waals surface area contributed by atoms with Crippen molar-refractivity contribution in [3.05, 3.63) is 57.4 Å². The Labute approximate surface area is 153 Å². The van der Waals surface area contributed by atoms with Crippen molar-refractivity contribution in [3.63, 3.8) is 0 Å². The van der Waals surface area contributed by atoms with Crippen LogP contribution < -0.4 is 16.3 Å². The lowest BCUT2D eigenvalue weighted by atomic mass is 10.2. The van der Waals surface area contributed by atoms with E-state index >= 15 is 0 Å². The van der Waals surface area contributed by atoms with Gasteiger partial charge in [0.05, 0.1) is 11.0 Å². The molecule has 0 atom stereocenters. The number of aryl methyl sites for hydroxylation is 2. The highest BCUT2D eigenvalue weighted by Gasteiger charge is 2.12. The van der Waals surface area contributed by atoms with Gasteiger partial charge >= 0.3 is 11.7 Å². The number of anilines is 2. The van der Waals surface area contributed by atoms with Crippen LogP contribution in [0.3, 0.4) is 0 Å². The molecule has 25 heavy (non-hydrogen) atoms. The maximum atomic E-state index is 12.4. The number of hydrogen-bond donors (Lipinski definition) is 2. The number of carbonyl (C=O) groups excluding carboxylic acids is 1. The predicted molar refractivity (Wildman–Crippen MR) is 104 cm³/mol. The van der Waals surface area contributed by atoms with Gasteiger partial charge in [0, 0.05) is 28.9 Å². The topological polar surface area (TPSA) is 68.1 Å². The molecule has 0 spiro atoms. The van der Waals surface area contributed by atoms with Crippen LogP contribution in [0.25, 0.3) is 11.0 Å². The van der Waals surface area contributed by atoms with Gasteiger partial charge in [-0.2, -0.15) is 0 Å². The van der Waals surface area contributed by atoms with E-state index in [1.165, 1.54) is 0 Å². The Bertz CT molecular complexity index is 973. The highest BCUT2D eigenvalue weighted by molar-refractivity contribution is 9.10. The number of aromatic nitrogens is 2. The maximum absolute atomic E-state index is 12.4. The first kappa shape index (κ1) is 17.3. The monoisotopic (exact) mass is 402 g/mol. The number of hydrogen-bond acceptors (Lipinski definition) is 2. The van der Waals surface area contributed by atoms with Crippen molar-refractivity contribution in [2.45, 2.75) is 26.9 Å². The Balaban J connectivity index is 1.85. The highest BCUT2D eigenvalue weighted by atomic mass is 79.9. The van der Waals surface area contributed by atoms with E-state index in [0.717, 1.165) is 15.5 Å². The van der Waals surface area contributed by atoms with Crippen molar-refractivity contribution in [1.29, 1.82) is 0 Å². The number of nitrogens with zero attached hydrogens (tertiary/aromatic N) is 2. The molecule has 1 heterocycles. The molecule has 6 nitrogen and oxygen atoms in total. The quantitative estimate of drug-likeness (QED) is 0.684. The fraction of sp³-hybridized carbons (Fsp3) is 0.222. The van der Waals surface area contributed by atoms with Crippen molar-refractivity contribution < 1.29 is 4.79 Å². The van der Waals surface area contributed by atoms with Crippen molar-refractivity contribution >= 4 is 44.4 Å². The number of urea groups is 1. The van der Waals surface area contributed by atoms with Gasteiger partial charge < -0.3 is 10.6 Å². The summed E-state index contributed by atoms with van der Waals surface area (Å²) < 4.78 is 4.38. The molecule has 0 saturated carbocycles. The molecule has 130 valence electrons. The first-order chi connectivity index (χ1) is 12.0. The predicted octanol–water partition coefficient (Wildman–Crippen LogP) is 4.25. The molecule has 2 amide bonds. The van der Waals surface area contributed by atoms with E-state index in [1.54, 1.807) is 15.2 Å². The van der Waals surface area contributed by atoms with Crippen LogP contribution in [0.4, 0.5) is 16.2 Å². The van der Waals surface area contributed by atoms with Crippen LogP contribution in [0.1, 0.15) is 13.8 Å². The van der Waals surface area contributed by atoms with E-state index in [-0.39, 0.29) is 11.7 Å². The molecule has 0 aliphatic carbocycles. The summed E-state index contributed by atoms with van der Waals surface area (Å²) in [7, 11) is 0. The Morgan fingerprint density at radius 1 is 0.920 bits per heavy atom. The van der Waals surface area contributed by atoms with Crippen molar-refractivity contribution in [1.82, 2.24) is 9.13 Å². The molecule has 7 heteroatoms. The largest absolute Gasteiger partial charge is 0.329 e. The minimum atomic E-state index is -0.331. The molecule has 2 N–H and O–H groups in total. The third kappa shape index (κ3) is 3.46. The summed E-state index contributed by atoms with van der Waals surface area (Å²) in [6.07, 6.45) is 0. The Morgan fingerprint density at radius 3 is 2.12 bits per heavy atom. The van der Waals surface area contributed by atoms with Gasteiger partial charge in [-0.1, -0.05) is 15.9 Å². The number of halogens is 1. The van der Waals surface area contributed by atoms with Gasteiger partial charge in [0.1, 0.15) is 0 Å². The molecule has 0 fully saturated rings. The molecule has 0 saturated heterocycles. The summed E-state index contributed by atoms with van der Waals surface area (Å²) in [4.78, 5) is 24.6. The van der Waals surface area contributed by atoms with E-state index in [1.807, 2.05) is 50.2 Å². The van der Waals surface area contributed by atoms with Crippen molar-refractivity contribution in [2.75, 3.05) is 10.6 Å². The van der Waals surface area contributed by atoms with Crippen LogP contribution in [0.5, 0.6) is 0 Å². The van der Waals surface area contributed by atoms with Crippen LogP contribution in [0, 0.1) is 0 Å². The number of fused-ring (bicyclic) bond motifs is 1. The lowest BCUT2D eigenvalue weighted by Crippen LogP contribution is -2.23. The number of carbonyl (C=O) groups is 1. The van der Waals surface area contributed by atoms with Gasteiger partial charge in [-0.05, 0) is 56.3 Å². The normalized spacial score (nSPS) is 10.8. The highest BCUT2D eigenvalue weighted by Crippen LogP contribution is 2.20. The van der Waals surface area contributed by atoms with E-state index in [9.17, 15) is 9.59 Å². The van der Waals surface area contributed by atoms with Crippen LogP contribution in [0.15, 0.2) is 51.7 Å². The summed E-state index contributed by atoms with van der Waals surface area (Å²) >= 11 is 3.36. The number of benzene rings is 2. The molecular formula is C18H19BrN4O2. The van der Waals surface area contributed by atoms with Gasteiger partial charge in [0.15, 0.2) is 0 Å². The van der Waals surface area contributed by atoms with Gasteiger partial charge in [-0.15, -0.1) is 0 Å². The summed E-state index contributed by atoms with van der Waals surface area (Å²) in [6, 6.07) is 12.5. The lowest BCUT2D eigenvalue weighted by molar-refractivity contribution is 0.262. The Hall–Kier alpha value is -2.54. The third-order valence-corrected chi connectivity index (χ3v) is 4.54. The second-order valence-corrected chi connectivity index (χ2v) is 6.48. The first-order valence-electron chi connectivity index (χ1n) is 8.10. The zero-order valence-corrected chi connectivity index (χ0v) is 15.6. The number of rotatable bonds is 4. The molecule has 0 radical (unpaired) electrons.